The van der Waals surface area contributed by atoms with Gasteiger partial charge in [0, 0.05) is 22.8 Å². The molecule has 6 aromatic carbocycles. The van der Waals surface area contributed by atoms with Crippen molar-refractivity contribution in [3.63, 3.8) is 0 Å². The molecule has 0 aliphatic rings. The van der Waals surface area contributed by atoms with Crippen LogP contribution >= 0.6 is 12.0 Å². The summed E-state index contributed by atoms with van der Waals surface area (Å²) >= 11 is 0.560. The first kappa shape index (κ1) is 44.2. The topological polar surface area (TPSA) is 289 Å². The highest BCUT2D eigenvalue weighted by Crippen LogP contribution is 2.45. The lowest BCUT2D eigenvalue weighted by atomic mass is 10.1. The Labute approximate surface area is 353 Å². The number of ether oxygens (including phenoxy) is 1. The van der Waals surface area contributed by atoms with Crippen LogP contribution in [0.15, 0.2) is 130 Å². The molecule has 0 saturated carbocycles. The van der Waals surface area contributed by atoms with Crippen molar-refractivity contribution in [1.29, 1.82) is 0 Å². The Morgan fingerprint density at radius 2 is 1.13 bits per heavy atom. The van der Waals surface area contributed by atoms with Gasteiger partial charge in [-0.3, -0.25) is 9.11 Å². The van der Waals surface area contributed by atoms with Crippen LogP contribution < -0.4 is 15.8 Å². The molecule has 0 aliphatic carbocycles. The number of hydrogen-bond donors (Lipinski definition) is 6. The predicted octanol–water partition coefficient (Wildman–Crippen LogP) is 11.3. The molecule has 0 unspecified atom stereocenters. The number of rotatable bonds is 14. The number of fused-ring (bicyclic) bond motifs is 1. The third-order valence-electron chi connectivity index (χ3n) is 9.05. The zero-order chi connectivity index (χ0) is 44.2. The smallest absolute Gasteiger partial charge is 0.296 e. The van der Waals surface area contributed by atoms with Crippen molar-refractivity contribution in [1.82, 2.24) is 0 Å². The number of nitrogens with one attached hydrogen (secondary N) is 1. The standard InChI is InChI=1S/C39H36N8O11S3/c1-20-13-32(21(2)12-31(20)43-42-30-11-8-27(56-5)19-37(30)61(53,54)55)44-45-33-14-23(4)34(15-22(33)3)46-47-38-35(59-58-57-49)17-24-16-25(6-9-28(24)39(38)48)41-26-7-10-29(40)36(18-26)60(50,51)52/h6-19,41,48-49H,40H2,1-5H3,(H,50,51,52)(H,53,54,55). The van der Waals surface area contributed by atoms with E-state index in [4.69, 9.17) is 15.7 Å². The van der Waals surface area contributed by atoms with E-state index in [9.17, 15) is 31.0 Å². The Balaban J connectivity index is 1.24. The van der Waals surface area contributed by atoms with Gasteiger partial charge in [0.25, 0.3) is 20.2 Å². The third-order valence-corrected chi connectivity index (χ3v) is 11.5. The molecule has 0 aliphatic heterocycles. The lowest BCUT2D eigenvalue weighted by Crippen LogP contribution is -2.04. The molecule has 6 aromatic rings. The molecule has 7 N–H and O–H groups in total. The van der Waals surface area contributed by atoms with E-state index in [-0.39, 0.29) is 33.5 Å². The molecule has 0 spiro atoms. The molecule has 0 bridgehead atoms. The van der Waals surface area contributed by atoms with E-state index in [0.717, 1.165) is 6.07 Å². The van der Waals surface area contributed by atoms with Gasteiger partial charge in [0.15, 0.2) is 5.75 Å². The first-order valence-corrected chi connectivity index (χ1v) is 21.2. The zero-order valence-corrected chi connectivity index (χ0v) is 35.2. The SMILES string of the molecule is COc1ccc(N=Nc2cc(C)c(N=Nc3cc(C)c(N=Nc4c(SOOO)cc5cc(Nc6ccc(N)c(S(=O)(=O)O)c6)ccc5c4O)cc3C)cc2C)c(S(=O)(=O)O)c1. The van der Waals surface area contributed by atoms with E-state index in [2.05, 4.69) is 45.4 Å². The van der Waals surface area contributed by atoms with Gasteiger partial charge < -0.3 is 20.9 Å². The summed E-state index contributed by atoms with van der Waals surface area (Å²) in [7, 11) is -7.81. The number of nitrogen functional groups attached to an aromatic ring is 1. The van der Waals surface area contributed by atoms with Gasteiger partial charge in [-0.1, -0.05) is 5.04 Å². The average molecular weight is 889 g/mol. The van der Waals surface area contributed by atoms with Crippen LogP contribution in [0.1, 0.15) is 22.3 Å². The van der Waals surface area contributed by atoms with E-state index in [1.807, 2.05) is 6.92 Å². The van der Waals surface area contributed by atoms with Gasteiger partial charge in [0.2, 0.25) is 0 Å². The Morgan fingerprint density at radius 1 is 0.623 bits per heavy atom. The molecule has 0 atom stereocenters. The molecular formula is C39H36N8O11S3. The van der Waals surface area contributed by atoms with Gasteiger partial charge in [0.05, 0.1) is 52.5 Å². The summed E-state index contributed by atoms with van der Waals surface area (Å²) in [5, 5.41) is 53.9. The van der Waals surface area contributed by atoms with Crippen molar-refractivity contribution in [2.45, 2.75) is 42.4 Å². The molecule has 0 radical (unpaired) electrons. The van der Waals surface area contributed by atoms with Crippen molar-refractivity contribution in [2.24, 2.45) is 30.7 Å². The van der Waals surface area contributed by atoms with Crippen LogP contribution in [0.2, 0.25) is 0 Å². The van der Waals surface area contributed by atoms with Crippen LogP contribution in [0.25, 0.3) is 10.8 Å². The number of nitrogens with two attached hydrogens (primary N) is 1. The molecule has 19 nitrogen and oxygen atoms in total. The number of phenolic OH excluding ortho intramolecular Hbond substituents is 1. The van der Waals surface area contributed by atoms with Crippen LogP contribution in [-0.4, -0.2) is 43.4 Å². The van der Waals surface area contributed by atoms with Crippen molar-refractivity contribution in [3.05, 3.63) is 107 Å². The van der Waals surface area contributed by atoms with Crippen molar-refractivity contribution in [2.75, 3.05) is 18.2 Å². The Morgan fingerprint density at radius 3 is 1.66 bits per heavy atom. The van der Waals surface area contributed by atoms with Gasteiger partial charge in [-0.25, -0.2) is 5.26 Å². The van der Waals surface area contributed by atoms with E-state index < -0.39 is 30.0 Å². The first-order valence-electron chi connectivity index (χ1n) is 17.6. The molecule has 0 heterocycles. The number of aromatic hydroxyl groups is 1. The molecule has 0 aromatic heterocycles. The molecule has 6 rings (SSSR count). The second-order valence-electron chi connectivity index (χ2n) is 13.3. The molecule has 22 heteroatoms. The summed E-state index contributed by atoms with van der Waals surface area (Å²) in [5.74, 6) is -0.0407. The fourth-order valence-electron chi connectivity index (χ4n) is 5.88. The fourth-order valence-corrected chi connectivity index (χ4v) is 7.65. The summed E-state index contributed by atoms with van der Waals surface area (Å²) in [6.07, 6.45) is 0. The van der Waals surface area contributed by atoms with Gasteiger partial charge in [-0.05, 0) is 134 Å². The van der Waals surface area contributed by atoms with Gasteiger partial charge in [0.1, 0.15) is 26.9 Å². The highest BCUT2D eigenvalue weighted by atomic mass is 32.2. The molecule has 0 amide bonds. The number of nitrogens with zero attached hydrogens (tertiary/aromatic N) is 6. The minimum atomic E-state index is -4.60. The second kappa shape index (κ2) is 18.1. The monoisotopic (exact) mass is 888 g/mol. The minimum absolute atomic E-state index is 0.00380. The molecule has 61 heavy (non-hydrogen) atoms. The maximum atomic E-state index is 11.9. The van der Waals surface area contributed by atoms with Crippen LogP contribution in [0.5, 0.6) is 11.5 Å². The van der Waals surface area contributed by atoms with Crippen molar-refractivity contribution < 1.29 is 50.4 Å². The summed E-state index contributed by atoms with van der Waals surface area (Å²) in [6.45, 7) is 7.20. The normalized spacial score (nSPS) is 12.3. The van der Waals surface area contributed by atoms with Crippen LogP contribution in [0.4, 0.5) is 51.2 Å². The summed E-state index contributed by atoms with van der Waals surface area (Å²) < 4.78 is 76.3. The van der Waals surface area contributed by atoms with Crippen molar-refractivity contribution in [3.8, 4) is 11.5 Å². The molecule has 316 valence electrons. The van der Waals surface area contributed by atoms with Crippen molar-refractivity contribution >= 4 is 94.2 Å². The molecule has 0 saturated heterocycles. The number of hydrogen-bond acceptors (Lipinski definition) is 18. The number of anilines is 3. The highest BCUT2D eigenvalue weighted by Gasteiger charge is 2.19. The zero-order valence-electron chi connectivity index (χ0n) is 32.7. The average Bonchev–Trinajstić information content (AvgIpc) is 3.20. The first-order chi connectivity index (χ1) is 28.9. The maximum absolute atomic E-state index is 11.9. The second-order valence-corrected chi connectivity index (χ2v) is 16.9. The largest absolute Gasteiger partial charge is 0.505 e. The number of aryl methyl sites for hydroxylation is 4. The van der Waals surface area contributed by atoms with E-state index in [1.54, 1.807) is 69.3 Å². The van der Waals surface area contributed by atoms with E-state index >= 15 is 0 Å². The molecular weight excluding hydrogens is 853 g/mol. The van der Waals surface area contributed by atoms with Gasteiger partial charge in [-0.2, -0.15) is 37.3 Å². The molecule has 0 fully saturated rings. The Bertz CT molecular complexity index is 3020. The predicted molar refractivity (Wildman–Crippen MR) is 227 cm³/mol. The van der Waals surface area contributed by atoms with E-state index in [1.165, 1.54) is 37.4 Å². The lowest BCUT2D eigenvalue weighted by molar-refractivity contribution is -0.432. The Kier molecular flexibility index (Phi) is 13.1. The van der Waals surface area contributed by atoms with Crippen LogP contribution in [0.3, 0.4) is 0 Å². The fraction of sp³-hybridized carbons (Fsp3) is 0.128. The third kappa shape index (κ3) is 10.3. The quantitative estimate of drug-likeness (QED) is 0.0148. The minimum Gasteiger partial charge on any atom is -0.505 e. The van der Waals surface area contributed by atoms with Gasteiger partial charge >= 0.3 is 0 Å². The van der Waals surface area contributed by atoms with Crippen LogP contribution in [0, 0.1) is 27.7 Å². The Hall–Kier alpha value is -6.37. The number of azo groups is 3. The maximum Gasteiger partial charge on any atom is 0.296 e. The highest BCUT2D eigenvalue weighted by molar-refractivity contribution is 7.94. The summed E-state index contributed by atoms with van der Waals surface area (Å²) in [4.78, 5) is -0.696. The lowest BCUT2D eigenvalue weighted by Gasteiger charge is -2.13. The number of phenols is 1. The van der Waals surface area contributed by atoms with Crippen LogP contribution in [-0.2, 0) is 29.6 Å². The van der Waals surface area contributed by atoms with Gasteiger partial charge in [-0.15, -0.1) is 14.6 Å². The number of methoxy groups -OCH3 is 1. The summed E-state index contributed by atoms with van der Waals surface area (Å²) in [5.41, 5.74) is 11.1. The number of benzene rings is 6. The van der Waals surface area contributed by atoms with E-state index in [0.29, 0.717) is 79.2 Å². The summed E-state index contributed by atoms with van der Waals surface area (Å²) in [6, 6.07) is 21.5.